The first-order valence-electron chi connectivity index (χ1n) is 6.16. The zero-order valence-electron chi connectivity index (χ0n) is 10.3. The van der Waals surface area contributed by atoms with Crippen molar-refractivity contribution in [3.8, 4) is 0 Å². The fraction of sp³-hybridized carbons (Fsp3) is 0.188. The van der Waals surface area contributed by atoms with Crippen LogP contribution in [0.1, 0.15) is 30.1 Å². The minimum atomic E-state index is -0.00593. The first-order valence-corrected chi connectivity index (χ1v) is 6.16. The monoisotopic (exact) mass is 237 g/mol. The third-order valence-electron chi connectivity index (χ3n) is 3.35. The summed E-state index contributed by atoms with van der Waals surface area (Å²) in [6, 6.07) is 20.7. The van der Waals surface area contributed by atoms with Crippen LogP contribution in [0.2, 0.25) is 0 Å². The van der Waals surface area contributed by atoms with Gasteiger partial charge in [-0.2, -0.15) is 0 Å². The molecule has 90 valence electrons. The van der Waals surface area contributed by atoms with E-state index in [0.717, 1.165) is 5.71 Å². The topological polar surface area (TPSA) is 21.6 Å². The van der Waals surface area contributed by atoms with E-state index in [9.17, 15) is 0 Å². The summed E-state index contributed by atoms with van der Waals surface area (Å²) in [5, 5.41) is 4.17. The molecule has 3 rings (SSSR count). The van der Waals surface area contributed by atoms with Gasteiger partial charge >= 0.3 is 0 Å². The van der Waals surface area contributed by atoms with Crippen molar-refractivity contribution in [2.75, 3.05) is 0 Å². The molecule has 0 N–H and O–H groups in total. The highest BCUT2D eigenvalue weighted by atomic mass is 16.6. The zero-order valence-corrected chi connectivity index (χ0v) is 10.3. The quantitative estimate of drug-likeness (QED) is 0.775. The molecule has 1 aliphatic heterocycles. The summed E-state index contributed by atoms with van der Waals surface area (Å²) in [6.07, 6.45) is -0.00593. The van der Waals surface area contributed by atoms with Gasteiger partial charge in [0.2, 0.25) is 0 Å². The average molecular weight is 237 g/mol. The molecule has 0 saturated heterocycles. The molecule has 2 aromatic carbocycles. The van der Waals surface area contributed by atoms with E-state index in [2.05, 4.69) is 41.6 Å². The highest BCUT2D eigenvalue weighted by Crippen LogP contribution is 2.39. The summed E-state index contributed by atoms with van der Waals surface area (Å²) in [5.74, 6) is 0.216. The van der Waals surface area contributed by atoms with Crippen molar-refractivity contribution in [3.05, 3.63) is 71.8 Å². The van der Waals surface area contributed by atoms with E-state index in [4.69, 9.17) is 4.84 Å². The summed E-state index contributed by atoms with van der Waals surface area (Å²) >= 11 is 0. The molecule has 0 unspecified atom stereocenters. The largest absolute Gasteiger partial charge is 0.387 e. The van der Waals surface area contributed by atoms with Crippen molar-refractivity contribution in [2.45, 2.75) is 18.9 Å². The molecule has 18 heavy (non-hydrogen) atoms. The second kappa shape index (κ2) is 4.65. The Labute approximate surface area is 107 Å². The van der Waals surface area contributed by atoms with Gasteiger partial charge in [-0.15, -0.1) is 0 Å². The number of oxime groups is 1. The van der Waals surface area contributed by atoms with Crippen LogP contribution in [0.25, 0.3) is 0 Å². The van der Waals surface area contributed by atoms with Crippen LogP contribution in [-0.4, -0.2) is 5.71 Å². The summed E-state index contributed by atoms with van der Waals surface area (Å²) in [7, 11) is 0. The maximum atomic E-state index is 5.61. The second-order valence-electron chi connectivity index (χ2n) is 4.56. The minimum absolute atomic E-state index is 0.00593. The van der Waals surface area contributed by atoms with Crippen LogP contribution in [0.5, 0.6) is 0 Å². The third kappa shape index (κ3) is 1.90. The summed E-state index contributed by atoms with van der Waals surface area (Å²) in [6.45, 7) is 2.03. The standard InChI is InChI=1S/C16H15NO/c1-12-15(13-8-4-2-5-9-13)16(18-17-12)14-10-6-3-7-11-14/h2-11,15-16H,1H3/t15-,16-/m0/s1. The van der Waals surface area contributed by atoms with Crippen molar-refractivity contribution >= 4 is 5.71 Å². The Morgan fingerprint density at radius 3 is 2.00 bits per heavy atom. The predicted octanol–water partition coefficient (Wildman–Crippen LogP) is 3.92. The lowest BCUT2D eigenvalue weighted by Gasteiger charge is -2.18. The number of benzene rings is 2. The van der Waals surface area contributed by atoms with Crippen LogP contribution in [-0.2, 0) is 4.84 Å². The van der Waals surface area contributed by atoms with Crippen LogP contribution in [0.15, 0.2) is 65.8 Å². The lowest BCUT2D eigenvalue weighted by Crippen LogP contribution is -2.13. The van der Waals surface area contributed by atoms with Gasteiger partial charge in [-0.1, -0.05) is 65.8 Å². The molecule has 0 aromatic heterocycles. The SMILES string of the molecule is CC1=NO[C@@H](c2ccccc2)[C@@H]1c1ccccc1. The summed E-state index contributed by atoms with van der Waals surface area (Å²) < 4.78 is 0. The molecule has 1 heterocycles. The fourth-order valence-corrected chi connectivity index (χ4v) is 2.45. The average Bonchev–Trinajstić information content (AvgIpc) is 2.83. The van der Waals surface area contributed by atoms with Crippen molar-refractivity contribution < 1.29 is 4.84 Å². The lowest BCUT2D eigenvalue weighted by atomic mass is 9.87. The van der Waals surface area contributed by atoms with Gasteiger partial charge in [0.15, 0.2) is 6.10 Å². The van der Waals surface area contributed by atoms with Gasteiger partial charge < -0.3 is 4.84 Å². The Balaban J connectivity index is 1.98. The van der Waals surface area contributed by atoms with Gasteiger partial charge in [0.05, 0.1) is 11.6 Å². The third-order valence-corrected chi connectivity index (χ3v) is 3.35. The van der Waals surface area contributed by atoms with E-state index in [-0.39, 0.29) is 12.0 Å². The molecule has 2 atom stereocenters. The Hall–Kier alpha value is -2.09. The molecule has 2 nitrogen and oxygen atoms in total. The Morgan fingerprint density at radius 2 is 1.39 bits per heavy atom. The maximum Gasteiger partial charge on any atom is 0.164 e. The van der Waals surface area contributed by atoms with Crippen LogP contribution in [0, 0.1) is 0 Å². The molecule has 0 saturated carbocycles. The van der Waals surface area contributed by atoms with Crippen LogP contribution in [0.3, 0.4) is 0 Å². The smallest absolute Gasteiger partial charge is 0.164 e. The number of hydrogen-bond donors (Lipinski definition) is 0. The summed E-state index contributed by atoms with van der Waals surface area (Å²) in [4.78, 5) is 5.61. The minimum Gasteiger partial charge on any atom is -0.387 e. The molecule has 0 spiro atoms. The first-order chi connectivity index (χ1) is 8.86. The molecule has 0 radical (unpaired) electrons. The zero-order chi connectivity index (χ0) is 12.4. The second-order valence-corrected chi connectivity index (χ2v) is 4.56. The molecule has 0 fully saturated rings. The van der Waals surface area contributed by atoms with E-state index in [0.29, 0.717) is 0 Å². The fourth-order valence-electron chi connectivity index (χ4n) is 2.45. The number of rotatable bonds is 2. The Bertz CT molecular complexity index is 548. The van der Waals surface area contributed by atoms with E-state index in [1.807, 2.05) is 31.2 Å². The van der Waals surface area contributed by atoms with E-state index in [1.165, 1.54) is 11.1 Å². The molecule has 0 amide bonds. The Morgan fingerprint density at radius 1 is 0.833 bits per heavy atom. The van der Waals surface area contributed by atoms with Gasteiger partial charge in [-0.05, 0) is 18.1 Å². The van der Waals surface area contributed by atoms with Crippen molar-refractivity contribution in [3.63, 3.8) is 0 Å². The van der Waals surface area contributed by atoms with E-state index in [1.54, 1.807) is 0 Å². The lowest BCUT2D eigenvalue weighted by molar-refractivity contribution is 0.0763. The van der Waals surface area contributed by atoms with Gasteiger partial charge in [-0.3, -0.25) is 0 Å². The normalized spacial score (nSPS) is 22.4. The van der Waals surface area contributed by atoms with E-state index >= 15 is 0 Å². The Kier molecular flexibility index (Phi) is 2.85. The molecule has 2 heteroatoms. The molecule has 0 aliphatic carbocycles. The molecule has 2 aromatic rings. The molecule has 0 bridgehead atoms. The maximum absolute atomic E-state index is 5.61. The first kappa shape index (κ1) is 11.0. The van der Waals surface area contributed by atoms with Gasteiger partial charge in [0.25, 0.3) is 0 Å². The highest BCUT2D eigenvalue weighted by Gasteiger charge is 2.33. The highest BCUT2D eigenvalue weighted by molar-refractivity contribution is 5.90. The molecular formula is C16H15NO. The van der Waals surface area contributed by atoms with Crippen LogP contribution in [0.4, 0.5) is 0 Å². The van der Waals surface area contributed by atoms with Crippen molar-refractivity contribution in [2.24, 2.45) is 5.16 Å². The van der Waals surface area contributed by atoms with E-state index < -0.39 is 0 Å². The van der Waals surface area contributed by atoms with Crippen molar-refractivity contribution in [1.82, 2.24) is 0 Å². The van der Waals surface area contributed by atoms with Gasteiger partial charge in [0, 0.05) is 0 Å². The molecular weight excluding hydrogens is 222 g/mol. The number of nitrogens with zero attached hydrogens (tertiary/aromatic N) is 1. The van der Waals surface area contributed by atoms with Gasteiger partial charge in [-0.25, -0.2) is 0 Å². The van der Waals surface area contributed by atoms with Crippen LogP contribution >= 0.6 is 0 Å². The molecule has 1 aliphatic rings. The van der Waals surface area contributed by atoms with Gasteiger partial charge in [0.1, 0.15) is 0 Å². The summed E-state index contributed by atoms with van der Waals surface area (Å²) in [5.41, 5.74) is 3.46. The van der Waals surface area contributed by atoms with Crippen LogP contribution < -0.4 is 0 Å². The van der Waals surface area contributed by atoms with Crippen molar-refractivity contribution in [1.29, 1.82) is 0 Å². The predicted molar refractivity (Wildman–Crippen MR) is 72.6 cm³/mol. The number of hydrogen-bond acceptors (Lipinski definition) is 2.